The molecule has 3 nitrogen and oxygen atoms in total. The number of nitrogens with two attached hydrogens (primary N) is 1. The molecule has 0 amide bonds. The molecule has 1 saturated heterocycles. The molecule has 3 heteroatoms. The Morgan fingerprint density at radius 3 is 2.67 bits per heavy atom. The molecular formula is C12H24N2O. The van der Waals surface area contributed by atoms with Crippen LogP contribution in [0.4, 0.5) is 0 Å². The summed E-state index contributed by atoms with van der Waals surface area (Å²) in [6.45, 7) is 10.5. The zero-order chi connectivity index (χ0) is 11.1. The van der Waals surface area contributed by atoms with E-state index in [4.69, 9.17) is 10.5 Å². The van der Waals surface area contributed by atoms with E-state index >= 15 is 0 Å². The number of rotatable bonds is 3. The fourth-order valence-corrected chi connectivity index (χ4v) is 2.75. The molecule has 1 saturated carbocycles. The summed E-state index contributed by atoms with van der Waals surface area (Å²) < 4.78 is 5.60. The third-order valence-corrected chi connectivity index (χ3v) is 4.64. The van der Waals surface area contributed by atoms with Crippen LogP contribution < -0.4 is 5.73 Å². The number of hydrogen-bond acceptors (Lipinski definition) is 3. The molecule has 2 aliphatic rings. The van der Waals surface area contributed by atoms with Crippen LogP contribution in [0.5, 0.6) is 0 Å². The Labute approximate surface area is 93.0 Å². The first-order valence-corrected chi connectivity index (χ1v) is 6.08. The average molecular weight is 212 g/mol. The Balaban J connectivity index is 2.11. The fourth-order valence-electron chi connectivity index (χ4n) is 2.75. The number of ether oxygens (including phenoxy) is 1. The van der Waals surface area contributed by atoms with Crippen molar-refractivity contribution in [2.75, 3.05) is 26.2 Å². The second-order valence-corrected chi connectivity index (χ2v) is 5.67. The Morgan fingerprint density at radius 2 is 2.20 bits per heavy atom. The summed E-state index contributed by atoms with van der Waals surface area (Å²) in [5, 5.41) is 0. The zero-order valence-corrected chi connectivity index (χ0v) is 10.3. The maximum atomic E-state index is 6.03. The predicted molar refractivity (Wildman–Crippen MR) is 61.8 cm³/mol. The van der Waals surface area contributed by atoms with Gasteiger partial charge in [0.25, 0.3) is 0 Å². The SMILES string of the molecule is CC1CN(C(C)(CN)C2(C)CC2)CCO1. The highest BCUT2D eigenvalue weighted by molar-refractivity contribution is 5.10. The molecule has 1 aliphatic heterocycles. The molecule has 2 fully saturated rings. The van der Waals surface area contributed by atoms with Gasteiger partial charge in [0.2, 0.25) is 0 Å². The molecule has 0 bridgehead atoms. The number of nitrogens with zero attached hydrogens (tertiary/aromatic N) is 1. The molecule has 0 spiro atoms. The van der Waals surface area contributed by atoms with Crippen LogP contribution in [0, 0.1) is 5.41 Å². The summed E-state index contributed by atoms with van der Waals surface area (Å²) >= 11 is 0. The largest absolute Gasteiger partial charge is 0.376 e. The fraction of sp³-hybridized carbons (Fsp3) is 1.00. The van der Waals surface area contributed by atoms with E-state index in [9.17, 15) is 0 Å². The van der Waals surface area contributed by atoms with Crippen LogP contribution in [0.2, 0.25) is 0 Å². The Morgan fingerprint density at radius 1 is 1.53 bits per heavy atom. The van der Waals surface area contributed by atoms with Crippen LogP contribution >= 0.6 is 0 Å². The van der Waals surface area contributed by atoms with E-state index in [-0.39, 0.29) is 5.54 Å². The molecule has 15 heavy (non-hydrogen) atoms. The lowest BCUT2D eigenvalue weighted by atomic mass is 9.81. The Kier molecular flexibility index (Phi) is 2.82. The average Bonchev–Trinajstić information content (AvgIpc) is 2.97. The molecule has 0 aromatic heterocycles. The van der Waals surface area contributed by atoms with Crippen molar-refractivity contribution in [1.82, 2.24) is 4.90 Å². The van der Waals surface area contributed by atoms with Gasteiger partial charge in [0, 0.05) is 25.2 Å². The van der Waals surface area contributed by atoms with E-state index in [1.807, 2.05) is 0 Å². The smallest absolute Gasteiger partial charge is 0.0674 e. The maximum absolute atomic E-state index is 6.03. The predicted octanol–water partition coefficient (Wildman–Crippen LogP) is 1.22. The van der Waals surface area contributed by atoms with Gasteiger partial charge in [0.15, 0.2) is 0 Å². The minimum atomic E-state index is 0.172. The molecular weight excluding hydrogens is 188 g/mol. The minimum absolute atomic E-state index is 0.172. The van der Waals surface area contributed by atoms with Gasteiger partial charge in [-0.2, -0.15) is 0 Å². The molecule has 0 aromatic carbocycles. The standard InChI is InChI=1S/C12H24N2O/c1-10-8-14(6-7-15-10)12(3,9-13)11(2)4-5-11/h10H,4-9,13H2,1-3H3. The summed E-state index contributed by atoms with van der Waals surface area (Å²) in [6.07, 6.45) is 3.01. The van der Waals surface area contributed by atoms with Crippen molar-refractivity contribution in [3.63, 3.8) is 0 Å². The van der Waals surface area contributed by atoms with Crippen LogP contribution in [0.3, 0.4) is 0 Å². The van der Waals surface area contributed by atoms with Crippen molar-refractivity contribution in [3.05, 3.63) is 0 Å². The second kappa shape index (κ2) is 3.72. The van der Waals surface area contributed by atoms with E-state index in [1.165, 1.54) is 12.8 Å². The van der Waals surface area contributed by atoms with Gasteiger partial charge >= 0.3 is 0 Å². The number of morpholine rings is 1. The minimum Gasteiger partial charge on any atom is -0.376 e. The van der Waals surface area contributed by atoms with E-state index in [0.29, 0.717) is 11.5 Å². The normalized spacial score (nSPS) is 34.8. The van der Waals surface area contributed by atoms with Crippen molar-refractivity contribution in [2.45, 2.75) is 45.3 Å². The van der Waals surface area contributed by atoms with Crippen molar-refractivity contribution < 1.29 is 4.74 Å². The van der Waals surface area contributed by atoms with Crippen molar-refractivity contribution in [3.8, 4) is 0 Å². The quantitative estimate of drug-likeness (QED) is 0.764. The van der Waals surface area contributed by atoms with Crippen molar-refractivity contribution >= 4 is 0 Å². The summed E-state index contributed by atoms with van der Waals surface area (Å²) in [5.41, 5.74) is 6.64. The molecule has 88 valence electrons. The van der Waals surface area contributed by atoms with Crippen molar-refractivity contribution in [2.24, 2.45) is 11.1 Å². The monoisotopic (exact) mass is 212 g/mol. The molecule has 0 radical (unpaired) electrons. The van der Waals surface area contributed by atoms with Gasteiger partial charge < -0.3 is 10.5 Å². The molecule has 1 heterocycles. The van der Waals surface area contributed by atoms with Crippen LogP contribution in [-0.4, -0.2) is 42.8 Å². The van der Waals surface area contributed by atoms with E-state index in [1.54, 1.807) is 0 Å². The summed E-state index contributed by atoms with van der Waals surface area (Å²) in [6, 6.07) is 0. The first-order valence-electron chi connectivity index (χ1n) is 6.08. The zero-order valence-electron chi connectivity index (χ0n) is 10.3. The van der Waals surface area contributed by atoms with Crippen LogP contribution in [-0.2, 0) is 4.74 Å². The highest BCUT2D eigenvalue weighted by Gasteiger charge is 2.55. The van der Waals surface area contributed by atoms with Gasteiger partial charge in [-0.05, 0) is 32.1 Å². The third kappa shape index (κ3) is 1.81. The lowest BCUT2D eigenvalue weighted by Gasteiger charge is -2.48. The Bertz CT molecular complexity index is 240. The van der Waals surface area contributed by atoms with E-state index in [2.05, 4.69) is 25.7 Å². The van der Waals surface area contributed by atoms with Gasteiger partial charge in [-0.25, -0.2) is 0 Å². The van der Waals surface area contributed by atoms with Crippen LogP contribution in [0.1, 0.15) is 33.6 Å². The molecule has 2 rings (SSSR count). The topological polar surface area (TPSA) is 38.5 Å². The summed E-state index contributed by atoms with van der Waals surface area (Å²) in [5.74, 6) is 0. The highest BCUT2D eigenvalue weighted by Crippen LogP contribution is 2.55. The highest BCUT2D eigenvalue weighted by atomic mass is 16.5. The molecule has 2 N–H and O–H groups in total. The Hall–Kier alpha value is -0.120. The van der Waals surface area contributed by atoms with Crippen LogP contribution in [0.25, 0.3) is 0 Å². The van der Waals surface area contributed by atoms with Crippen molar-refractivity contribution in [1.29, 1.82) is 0 Å². The van der Waals surface area contributed by atoms with E-state index < -0.39 is 0 Å². The van der Waals surface area contributed by atoms with Gasteiger partial charge in [-0.1, -0.05) is 6.92 Å². The number of hydrogen-bond donors (Lipinski definition) is 1. The molecule has 2 unspecified atom stereocenters. The maximum Gasteiger partial charge on any atom is 0.0674 e. The van der Waals surface area contributed by atoms with Gasteiger partial charge in [-0.3, -0.25) is 4.90 Å². The van der Waals surface area contributed by atoms with Gasteiger partial charge in [-0.15, -0.1) is 0 Å². The lowest BCUT2D eigenvalue weighted by molar-refractivity contribution is -0.0743. The third-order valence-electron chi connectivity index (χ3n) is 4.64. The van der Waals surface area contributed by atoms with Gasteiger partial charge in [0.1, 0.15) is 0 Å². The first kappa shape index (κ1) is 11.4. The molecule has 0 aromatic rings. The summed E-state index contributed by atoms with van der Waals surface area (Å²) in [4.78, 5) is 2.55. The van der Waals surface area contributed by atoms with E-state index in [0.717, 1.165) is 26.2 Å². The van der Waals surface area contributed by atoms with Gasteiger partial charge in [0.05, 0.1) is 12.7 Å². The first-order chi connectivity index (χ1) is 7.02. The summed E-state index contributed by atoms with van der Waals surface area (Å²) in [7, 11) is 0. The second-order valence-electron chi connectivity index (χ2n) is 5.67. The lowest BCUT2D eigenvalue weighted by Crippen LogP contribution is -2.61. The van der Waals surface area contributed by atoms with Crippen LogP contribution in [0.15, 0.2) is 0 Å². The molecule has 2 atom stereocenters. The molecule has 1 aliphatic carbocycles.